The molecular weight excluding hydrogens is 450 g/mol. The fourth-order valence-electron chi connectivity index (χ4n) is 8.12. The van der Waals surface area contributed by atoms with Crippen LogP contribution in [-0.4, -0.2) is 52.9 Å². The van der Waals surface area contributed by atoms with E-state index in [4.69, 9.17) is 0 Å². The van der Waals surface area contributed by atoms with Gasteiger partial charge in [-0.1, -0.05) is 19.8 Å². The minimum Gasteiger partial charge on any atom is -0.350 e. The molecule has 2 amide bonds. The molecule has 0 N–H and O–H groups in total. The van der Waals surface area contributed by atoms with Gasteiger partial charge in [-0.3, -0.25) is 14.4 Å². The van der Waals surface area contributed by atoms with Gasteiger partial charge < -0.3 is 14.4 Å². The van der Waals surface area contributed by atoms with E-state index < -0.39 is 5.43 Å². The second-order valence-electron chi connectivity index (χ2n) is 12.7. The van der Waals surface area contributed by atoms with Crippen molar-refractivity contribution in [3.8, 4) is 0 Å². The number of pyridine rings is 1. The van der Waals surface area contributed by atoms with Crippen molar-refractivity contribution in [3.63, 3.8) is 0 Å². The number of nitrogens with zero attached hydrogens (tertiary/aromatic N) is 3. The van der Waals surface area contributed by atoms with Gasteiger partial charge in [0.05, 0.1) is 0 Å². The normalized spacial score (nSPS) is 30.2. The summed E-state index contributed by atoms with van der Waals surface area (Å²) >= 11 is 0. The number of carbonyl (C=O) groups is 2. The summed E-state index contributed by atoms with van der Waals surface area (Å²) in [6, 6.07) is 0.102. The van der Waals surface area contributed by atoms with Crippen LogP contribution in [-0.2, 0) is 0 Å². The Bertz CT molecular complexity index is 1000. The van der Waals surface area contributed by atoms with Gasteiger partial charge in [0.15, 0.2) is 0 Å². The maximum atomic E-state index is 13.6. The zero-order valence-electron chi connectivity index (χ0n) is 22.6. The molecule has 2 heterocycles. The molecule has 198 valence electrons. The van der Waals surface area contributed by atoms with E-state index in [0.717, 1.165) is 56.3 Å². The van der Waals surface area contributed by atoms with E-state index in [1.165, 1.54) is 38.5 Å². The Morgan fingerprint density at radius 3 is 2.08 bits per heavy atom. The van der Waals surface area contributed by atoms with Gasteiger partial charge in [0.25, 0.3) is 11.8 Å². The molecule has 6 nitrogen and oxygen atoms in total. The van der Waals surface area contributed by atoms with Gasteiger partial charge in [0, 0.05) is 45.1 Å². The van der Waals surface area contributed by atoms with E-state index in [2.05, 4.69) is 13.8 Å². The van der Waals surface area contributed by atoms with E-state index in [-0.39, 0.29) is 29.0 Å². The molecular formula is C30H45N3O3. The Kier molecular flexibility index (Phi) is 7.33. The molecule has 6 rings (SSSR count). The second kappa shape index (κ2) is 10.3. The van der Waals surface area contributed by atoms with Gasteiger partial charge in [0.1, 0.15) is 11.1 Å². The van der Waals surface area contributed by atoms with Crippen molar-refractivity contribution in [2.45, 2.75) is 96.9 Å². The Hall–Kier alpha value is -2.11. The fourth-order valence-corrected chi connectivity index (χ4v) is 8.12. The number of hydrogen-bond acceptors (Lipinski definition) is 3. The van der Waals surface area contributed by atoms with Crippen LogP contribution in [0.2, 0.25) is 0 Å². The van der Waals surface area contributed by atoms with Crippen LogP contribution in [0.5, 0.6) is 0 Å². The van der Waals surface area contributed by atoms with Crippen molar-refractivity contribution in [3.05, 3.63) is 33.7 Å². The van der Waals surface area contributed by atoms with E-state index >= 15 is 0 Å². The van der Waals surface area contributed by atoms with Gasteiger partial charge >= 0.3 is 0 Å². The summed E-state index contributed by atoms with van der Waals surface area (Å²) in [5.74, 6) is 2.21. The van der Waals surface area contributed by atoms with Crippen LogP contribution in [0.15, 0.2) is 17.2 Å². The van der Waals surface area contributed by atoms with Gasteiger partial charge in [-0.2, -0.15) is 0 Å². The van der Waals surface area contributed by atoms with Crippen LogP contribution in [0.4, 0.5) is 0 Å². The maximum absolute atomic E-state index is 13.6. The van der Waals surface area contributed by atoms with Gasteiger partial charge in [-0.25, -0.2) is 0 Å². The first kappa shape index (κ1) is 25.5. The molecule has 4 aliphatic carbocycles. The largest absolute Gasteiger partial charge is 0.350 e. The molecule has 0 unspecified atom stereocenters. The van der Waals surface area contributed by atoms with Crippen LogP contribution in [0.3, 0.4) is 0 Å². The second-order valence-corrected chi connectivity index (χ2v) is 12.7. The zero-order valence-corrected chi connectivity index (χ0v) is 22.6. The van der Waals surface area contributed by atoms with Crippen LogP contribution in [0, 0.1) is 23.2 Å². The van der Waals surface area contributed by atoms with Crippen molar-refractivity contribution in [1.29, 1.82) is 0 Å². The van der Waals surface area contributed by atoms with Crippen LogP contribution in [0.1, 0.15) is 118 Å². The molecule has 5 fully saturated rings. The Labute approximate surface area is 216 Å². The Morgan fingerprint density at radius 2 is 1.53 bits per heavy atom. The molecule has 4 bridgehead atoms. The van der Waals surface area contributed by atoms with E-state index in [9.17, 15) is 14.4 Å². The molecule has 6 heteroatoms. The lowest BCUT2D eigenvalue weighted by molar-refractivity contribution is -0.0593. The van der Waals surface area contributed by atoms with Crippen LogP contribution in [0.25, 0.3) is 0 Å². The maximum Gasteiger partial charge on any atom is 0.259 e. The SMILES string of the molecule is CC[C@H](C)n1cc(C(=O)N(C)CCC23CC4CC(CC(C4)C2)C3)c(=O)c(C(=O)N2CCCCCC2)c1. The molecule has 5 aliphatic rings. The summed E-state index contributed by atoms with van der Waals surface area (Å²) in [7, 11) is 1.83. The van der Waals surface area contributed by atoms with Gasteiger partial charge in [-0.05, 0) is 94.3 Å². The molecule has 4 saturated carbocycles. The standard InChI is InChI=1S/C30H45N3O3/c1-4-21(2)33-19-25(27(34)26(20-33)29(36)32-10-7-5-6-8-11-32)28(35)31(3)12-9-30-16-22-13-23(17-30)15-24(14-22)18-30/h19-24H,4-18H2,1-3H3/t21-,22?,23?,24?,30?/m0/s1. The van der Waals surface area contributed by atoms with E-state index in [1.807, 2.05) is 16.5 Å². The smallest absolute Gasteiger partial charge is 0.259 e. The highest BCUT2D eigenvalue weighted by Crippen LogP contribution is 2.61. The Balaban J connectivity index is 1.36. The van der Waals surface area contributed by atoms with Crippen LogP contribution < -0.4 is 5.43 Å². The predicted octanol–water partition coefficient (Wildman–Crippen LogP) is 5.51. The molecule has 36 heavy (non-hydrogen) atoms. The number of carbonyl (C=O) groups excluding carboxylic acids is 2. The molecule has 1 atom stereocenters. The lowest BCUT2D eigenvalue weighted by Crippen LogP contribution is -2.47. The summed E-state index contributed by atoms with van der Waals surface area (Å²) in [4.78, 5) is 44.2. The minimum atomic E-state index is -0.407. The van der Waals surface area contributed by atoms with Crippen molar-refractivity contribution >= 4 is 11.8 Å². The topological polar surface area (TPSA) is 62.6 Å². The lowest BCUT2D eigenvalue weighted by Gasteiger charge is -2.57. The number of likely N-dealkylation sites (tertiary alicyclic amines) is 1. The number of aromatic nitrogens is 1. The average molecular weight is 496 g/mol. The summed E-state index contributed by atoms with van der Waals surface area (Å²) in [6.45, 7) is 6.20. The van der Waals surface area contributed by atoms with Crippen molar-refractivity contribution in [2.75, 3.05) is 26.7 Å². The number of hydrogen-bond donors (Lipinski definition) is 0. The molecule has 1 saturated heterocycles. The predicted molar refractivity (Wildman–Crippen MR) is 142 cm³/mol. The minimum absolute atomic E-state index is 0.102. The van der Waals surface area contributed by atoms with Crippen LogP contribution >= 0.6 is 0 Å². The fraction of sp³-hybridized carbons (Fsp3) is 0.767. The molecule has 1 aromatic rings. The third kappa shape index (κ3) is 5.02. The Morgan fingerprint density at radius 1 is 0.972 bits per heavy atom. The lowest BCUT2D eigenvalue weighted by atomic mass is 9.49. The molecule has 1 aromatic heterocycles. The van der Waals surface area contributed by atoms with E-state index in [0.29, 0.717) is 25.0 Å². The highest BCUT2D eigenvalue weighted by Gasteiger charge is 2.50. The van der Waals surface area contributed by atoms with Crippen molar-refractivity contribution in [2.24, 2.45) is 23.2 Å². The summed E-state index contributed by atoms with van der Waals surface area (Å²) in [5.41, 5.74) is 0.280. The molecule has 1 aliphatic heterocycles. The quantitative estimate of drug-likeness (QED) is 0.501. The highest BCUT2D eigenvalue weighted by atomic mass is 16.2. The molecule has 0 spiro atoms. The van der Waals surface area contributed by atoms with Crippen molar-refractivity contribution < 1.29 is 9.59 Å². The number of amides is 2. The first-order valence-electron chi connectivity index (χ1n) is 14.6. The van der Waals surface area contributed by atoms with Gasteiger partial charge in [-0.15, -0.1) is 0 Å². The summed E-state index contributed by atoms with van der Waals surface area (Å²) < 4.78 is 1.91. The first-order chi connectivity index (χ1) is 17.3. The highest BCUT2D eigenvalue weighted by molar-refractivity contribution is 5.99. The van der Waals surface area contributed by atoms with Gasteiger partial charge in [0.2, 0.25) is 5.43 Å². The number of rotatable bonds is 7. The third-order valence-electron chi connectivity index (χ3n) is 9.99. The third-order valence-corrected chi connectivity index (χ3v) is 9.99. The van der Waals surface area contributed by atoms with E-state index in [1.54, 1.807) is 17.3 Å². The summed E-state index contributed by atoms with van der Waals surface area (Å²) in [6.07, 6.45) is 17.7. The summed E-state index contributed by atoms with van der Waals surface area (Å²) in [5, 5.41) is 0. The monoisotopic (exact) mass is 495 g/mol. The first-order valence-corrected chi connectivity index (χ1v) is 14.6. The molecule has 0 aromatic carbocycles. The zero-order chi connectivity index (χ0) is 25.4. The van der Waals surface area contributed by atoms with Crippen molar-refractivity contribution in [1.82, 2.24) is 14.4 Å². The molecule has 0 radical (unpaired) electrons. The average Bonchev–Trinajstić information content (AvgIpc) is 3.15.